The standard InChI is InChI=1S/C13H24N4O2S/c1-16(2)11-5-10-14-12-6-8-13(9-7-12)15-20(18,19)17(3)4/h6-9,14-15H,5,10-11H2,1-4H3. The first-order valence-corrected chi connectivity index (χ1v) is 7.94. The van der Waals surface area contributed by atoms with Crippen molar-refractivity contribution in [1.29, 1.82) is 0 Å². The second-order valence-corrected chi connectivity index (χ2v) is 6.94. The maximum atomic E-state index is 11.7. The molecule has 6 nitrogen and oxygen atoms in total. The minimum Gasteiger partial charge on any atom is -0.385 e. The van der Waals surface area contributed by atoms with Crippen LogP contribution in [-0.4, -0.2) is 58.9 Å². The van der Waals surface area contributed by atoms with E-state index in [1.807, 2.05) is 26.2 Å². The SMILES string of the molecule is CN(C)CCCNc1ccc(NS(=O)(=O)N(C)C)cc1. The molecule has 0 unspecified atom stereocenters. The minimum absolute atomic E-state index is 0.553. The van der Waals surface area contributed by atoms with Crippen LogP contribution in [-0.2, 0) is 10.2 Å². The molecule has 7 heteroatoms. The molecular formula is C13H24N4O2S. The van der Waals surface area contributed by atoms with Gasteiger partial charge in [-0.25, -0.2) is 0 Å². The van der Waals surface area contributed by atoms with E-state index >= 15 is 0 Å². The Bertz CT molecular complexity index is 498. The average Bonchev–Trinajstić information content (AvgIpc) is 2.35. The number of nitrogens with zero attached hydrogens (tertiary/aromatic N) is 2. The summed E-state index contributed by atoms with van der Waals surface area (Å²) in [6.45, 7) is 1.93. The van der Waals surface area contributed by atoms with E-state index in [4.69, 9.17) is 0 Å². The Hall–Kier alpha value is -1.31. The minimum atomic E-state index is -3.44. The Morgan fingerprint density at radius 1 is 1.00 bits per heavy atom. The number of hydrogen-bond donors (Lipinski definition) is 2. The summed E-state index contributed by atoms with van der Waals surface area (Å²) in [7, 11) is 3.64. The third kappa shape index (κ3) is 5.77. The van der Waals surface area contributed by atoms with Crippen molar-refractivity contribution in [3.05, 3.63) is 24.3 Å². The summed E-state index contributed by atoms with van der Waals surface area (Å²) >= 11 is 0. The highest BCUT2D eigenvalue weighted by Crippen LogP contribution is 2.15. The Labute approximate surface area is 122 Å². The van der Waals surface area contributed by atoms with Crippen molar-refractivity contribution < 1.29 is 8.42 Å². The van der Waals surface area contributed by atoms with Gasteiger partial charge in [0.15, 0.2) is 0 Å². The first kappa shape index (κ1) is 16.7. The van der Waals surface area contributed by atoms with Crippen LogP contribution in [0.25, 0.3) is 0 Å². The molecule has 1 rings (SSSR count). The normalized spacial score (nSPS) is 11.9. The molecule has 0 spiro atoms. The Morgan fingerprint density at radius 3 is 2.05 bits per heavy atom. The zero-order valence-electron chi connectivity index (χ0n) is 12.5. The fraction of sp³-hybridized carbons (Fsp3) is 0.538. The predicted octanol–water partition coefficient (Wildman–Crippen LogP) is 1.27. The van der Waals surface area contributed by atoms with Crippen LogP contribution in [0.1, 0.15) is 6.42 Å². The van der Waals surface area contributed by atoms with E-state index in [2.05, 4.69) is 14.9 Å². The quantitative estimate of drug-likeness (QED) is 0.710. The molecule has 0 aliphatic heterocycles. The number of anilines is 2. The van der Waals surface area contributed by atoms with E-state index < -0.39 is 10.2 Å². The lowest BCUT2D eigenvalue weighted by Gasteiger charge is -2.14. The second-order valence-electron chi connectivity index (χ2n) is 5.05. The molecule has 0 amide bonds. The first-order chi connectivity index (χ1) is 9.31. The average molecular weight is 300 g/mol. The summed E-state index contributed by atoms with van der Waals surface area (Å²) < 4.78 is 26.9. The van der Waals surface area contributed by atoms with Gasteiger partial charge < -0.3 is 10.2 Å². The van der Waals surface area contributed by atoms with Gasteiger partial charge in [0.2, 0.25) is 0 Å². The molecule has 0 saturated carbocycles. The smallest absolute Gasteiger partial charge is 0.301 e. The Balaban J connectivity index is 2.48. The highest BCUT2D eigenvalue weighted by molar-refractivity contribution is 7.90. The molecule has 0 aromatic heterocycles. The molecule has 0 atom stereocenters. The monoisotopic (exact) mass is 300 g/mol. The van der Waals surface area contributed by atoms with Gasteiger partial charge in [0, 0.05) is 32.0 Å². The van der Waals surface area contributed by atoms with Crippen molar-refractivity contribution in [1.82, 2.24) is 9.21 Å². The van der Waals surface area contributed by atoms with Gasteiger partial charge in [0.1, 0.15) is 0 Å². The molecule has 0 aliphatic carbocycles. The largest absolute Gasteiger partial charge is 0.385 e. The number of benzene rings is 1. The van der Waals surface area contributed by atoms with Crippen LogP contribution in [0, 0.1) is 0 Å². The molecule has 0 aliphatic rings. The lowest BCUT2D eigenvalue weighted by molar-refractivity contribution is 0.405. The van der Waals surface area contributed by atoms with E-state index in [1.165, 1.54) is 14.1 Å². The lowest BCUT2D eigenvalue weighted by Crippen LogP contribution is -2.28. The maximum absolute atomic E-state index is 11.7. The van der Waals surface area contributed by atoms with Gasteiger partial charge in [-0.1, -0.05) is 0 Å². The molecule has 1 aromatic rings. The van der Waals surface area contributed by atoms with Crippen LogP contribution in [0.5, 0.6) is 0 Å². The van der Waals surface area contributed by atoms with E-state index in [1.54, 1.807) is 12.1 Å². The summed E-state index contributed by atoms with van der Waals surface area (Å²) in [6, 6.07) is 7.22. The lowest BCUT2D eigenvalue weighted by atomic mass is 10.3. The summed E-state index contributed by atoms with van der Waals surface area (Å²) in [5.41, 5.74) is 1.54. The molecule has 0 bridgehead atoms. The molecule has 0 heterocycles. The van der Waals surface area contributed by atoms with E-state index in [0.29, 0.717) is 5.69 Å². The van der Waals surface area contributed by atoms with Crippen molar-refractivity contribution in [2.45, 2.75) is 6.42 Å². The van der Waals surface area contributed by atoms with Crippen molar-refractivity contribution in [3.63, 3.8) is 0 Å². The zero-order chi connectivity index (χ0) is 15.2. The van der Waals surface area contributed by atoms with Gasteiger partial charge in [-0.3, -0.25) is 4.72 Å². The van der Waals surface area contributed by atoms with Crippen molar-refractivity contribution in [3.8, 4) is 0 Å². The molecule has 2 N–H and O–H groups in total. The van der Waals surface area contributed by atoms with Gasteiger partial charge in [-0.2, -0.15) is 12.7 Å². The Morgan fingerprint density at radius 2 is 1.55 bits per heavy atom. The molecule has 0 saturated heterocycles. The van der Waals surface area contributed by atoms with Crippen molar-refractivity contribution in [2.75, 3.05) is 51.3 Å². The van der Waals surface area contributed by atoms with Gasteiger partial charge in [0.25, 0.3) is 0 Å². The molecule has 114 valence electrons. The third-order valence-electron chi connectivity index (χ3n) is 2.72. The zero-order valence-corrected chi connectivity index (χ0v) is 13.4. The molecule has 20 heavy (non-hydrogen) atoms. The number of nitrogens with one attached hydrogen (secondary N) is 2. The van der Waals surface area contributed by atoms with Gasteiger partial charge in [-0.05, 0) is 51.3 Å². The highest BCUT2D eigenvalue weighted by Gasteiger charge is 2.12. The van der Waals surface area contributed by atoms with E-state index in [-0.39, 0.29) is 0 Å². The fourth-order valence-electron chi connectivity index (χ4n) is 1.52. The third-order valence-corrected chi connectivity index (χ3v) is 4.18. The molecule has 0 fully saturated rings. The molecule has 0 radical (unpaired) electrons. The number of rotatable bonds is 8. The predicted molar refractivity (Wildman–Crippen MR) is 84.3 cm³/mol. The summed E-state index contributed by atoms with van der Waals surface area (Å²) in [5, 5.41) is 3.30. The summed E-state index contributed by atoms with van der Waals surface area (Å²) in [4.78, 5) is 2.14. The van der Waals surface area contributed by atoms with E-state index in [0.717, 1.165) is 29.5 Å². The van der Waals surface area contributed by atoms with Gasteiger partial charge >= 0.3 is 10.2 Å². The molecular weight excluding hydrogens is 276 g/mol. The van der Waals surface area contributed by atoms with E-state index in [9.17, 15) is 8.42 Å². The fourth-order valence-corrected chi connectivity index (χ4v) is 2.14. The topological polar surface area (TPSA) is 64.7 Å². The van der Waals surface area contributed by atoms with Crippen LogP contribution in [0.3, 0.4) is 0 Å². The molecule has 1 aromatic carbocycles. The van der Waals surface area contributed by atoms with Crippen molar-refractivity contribution in [2.24, 2.45) is 0 Å². The van der Waals surface area contributed by atoms with Crippen LogP contribution in [0.15, 0.2) is 24.3 Å². The first-order valence-electron chi connectivity index (χ1n) is 6.50. The second kappa shape index (κ2) is 7.47. The summed E-state index contributed by atoms with van der Waals surface area (Å²) in [5.74, 6) is 0. The Kier molecular flexibility index (Phi) is 6.25. The van der Waals surface area contributed by atoms with Crippen LogP contribution < -0.4 is 10.0 Å². The summed E-state index contributed by atoms with van der Waals surface area (Å²) in [6.07, 6.45) is 1.06. The van der Waals surface area contributed by atoms with Crippen LogP contribution in [0.2, 0.25) is 0 Å². The van der Waals surface area contributed by atoms with Crippen LogP contribution >= 0.6 is 0 Å². The van der Waals surface area contributed by atoms with Crippen molar-refractivity contribution >= 4 is 21.6 Å². The number of hydrogen-bond acceptors (Lipinski definition) is 4. The van der Waals surface area contributed by atoms with Gasteiger partial charge in [0.05, 0.1) is 0 Å². The van der Waals surface area contributed by atoms with Gasteiger partial charge in [-0.15, -0.1) is 0 Å². The van der Waals surface area contributed by atoms with Crippen LogP contribution in [0.4, 0.5) is 11.4 Å². The maximum Gasteiger partial charge on any atom is 0.301 e. The highest BCUT2D eigenvalue weighted by atomic mass is 32.2.